The largest absolute Gasteiger partial charge is 0.384 e. The molecule has 0 saturated heterocycles. The molecule has 1 aromatic heterocycles. The van der Waals surface area contributed by atoms with Gasteiger partial charge in [-0.25, -0.2) is 0 Å². The van der Waals surface area contributed by atoms with Gasteiger partial charge in [-0.1, -0.05) is 30.3 Å². The van der Waals surface area contributed by atoms with Crippen LogP contribution in [-0.2, 0) is 18.4 Å². The van der Waals surface area contributed by atoms with Gasteiger partial charge in [0.1, 0.15) is 0 Å². The highest BCUT2D eigenvalue weighted by molar-refractivity contribution is 5.39. The van der Waals surface area contributed by atoms with E-state index < -0.39 is 5.60 Å². The predicted octanol–water partition coefficient (Wildman–Crippen LogP) is 2.38. The van der Waals surface area contributed by atoms with E-state index >= 15 is 0 Å². The van der Waals surface area contributed by atoms with Crippen molar-refractivity contribution in [3.63, 3.8) is 0 Å². The third-order valence-electron chi connectivity index (χ3n) is 3.50. The van der Waals surface area contributed by atoms with Gasteiger partial charge in [-0.05, 0) is 23.6 Å². The van der Waals surface area contributed by atoms with E-state index in [9.17, 15) is 5.11 Å². The summed E-state index contributed by atoms with van der Waals surface area (Å²) in [6, 6.07) is 10.3. The first-order chi connectivity index (χ1) is 8.17. The minimum absolute atomic E-state index is 0.689. The first-order valence-electron chi connectivity index (χ1n) is 5.89. The van der Waals surface area contributed by atoms with Crippen molar-refractivity contribution < 1.29 is 5.11 Å². The molecule has 3 rings (SSSR count). The van der Waals surface area contributed by atoms with E-state index in [4.69, 9.17) is 0 Å². The maximum absolute atomic E-state index is 10.8. The zero-order valence-electron chi connectivity index (χ0n) is 9.85. The van der Waals surface area contributed by atoms with Gasteiger partial charge in [0, 0.05) is 30.8 Å². The second-order valence-corrected chi connectivity index (χ2v) is 4.90. The zero-order valence-corrected chi connectivity index (χ0v) is 9.85. The standard InChI is InChI=1S/C15H15NO/c1-11-6-14(10-16-9-11)15(17)7-12-4-2-3-5-13(12)8-15/h2-6,9-10,17H,7-8H2,1H3. The Morgan fingerprint density at radius 1 is 1.12 bits per heavy atom. The van der Waals surface area contributed by atoms with Crippen molar-refractivity contribution in [1.82, 2.24) is 4.98 Å². The van der Waals surface area contributed by atoms with Crippen LogP contribution < -0.4 is 0 Å². The molecule has 1 heterocycles. The molecule has 2 aromatic rings. The van der Waals surface area contributed by atoms with E-state index in [0.717, 1.165) is 11.1 Å². The van der Waals surface area contributed by atoms with Crippen molar-refractivity contribution in [1.29, 1.82) is 0 Å². The Morgan fingerprint density at radius 3 is 2.35 bits per heavy atom. The van der Waals surface area contributed by atoms with Crippen LogP contribution in [0.2, 0.25) is 0 Å². The highest BCUT2D eigenvalue weighted by Crippen LogP contribution is 2.37. The van der Waals surface area contributed by atoms with E-state index in [2.05, 4.69) is 17.1 Å². The average molecular weight is 225 g/mol. The lowest BCUT2D eigenvalue weighted by molar-refractivity contribution is 0.0478. The fourth-order valence-corrected chi connectivity index (χ4v) is 2.61. The quantitative estimate of drug-likeness (QED) is 0.808. The molecule has 0 saturated carbocycles. The SMILES string of the molecule is Cc1cncc(C2(O)Cc3ccccc3C2)c1. The van der Waals surface area contributed by atoms with Gasteiger partial charge >= 0.3 is 0 Å². The second kappa shape index (κ2) is 3.67. The monoisotopic (exact) mass is 225 g/mol. The number of aryl methyl sites for hydroxylation is 1. The van der Waals surface area contributed by atoms with E-state index in [1.54, 1.807) is 6.20 Å². The van der Waals surface area contributed by atoms with Crippen LogP contribution in [0.25, 0.3) is 0 Å². The fourth-order valence-electron chi connectivity index (χ4n) is 2.61. The molecule has 1 N–H and O–H groups in total. The molecule has 1 aromatic carbocycles. The first-order valence-corrected chi connectivity index (χ1v) is 5.89. The van der Waals surface area contributed by atoms with Crippen LogP contribution >= 0.6 is 0 Å². The first kappa shape index (κ1) is 10.5. The Morgan fingerprint density at radius 2 is 1.76 bits per heavy atom. The number of benzene rings is 1. The van der Waals surface area contributed by atoms with Crippen LogP contribution in [0.1, 0.15) is 22.3 Å². The summed E-state index contributed by atoms with van der Waals surface area (Å²) < 4.78 is 0. The maximum Gasteiger partial charge on any atom is 0.0991 e. The van der Waals surface area contributed by atoms with Crippen LogP contribution in [0.15, 0.2) is 42.7 Å². The molecule has 0 atom stereocenters. The van der Waals surface area contributed by atoms with E-state index in [1.807, 2.05) is 31.3 Å². The van der Waals surface area contributed by atoms with Crippen molar-refractivity contribution in [2.75, 3.05) is 0 Å². The van der Waals surface area contributed by atoms with Gasteiger partial charge in [0.15, 0.2) is 0 Å². The summed E-state index contributed by atoms with van der Waals surface area (Å²) >= 11 is 0. The minimum atomic E-state index is -0.775. The Bertz CT molecular complexity index is 537. The van der Waals surface area contributed by atoms with Crippen molar-refractivity contribution in [3.05, 3.63) is 65.0 Å². The molecule has 0 fully saturated rings. The van der Waals surface area contributed by atoms with E-state index in [-0.39, 0.29) is 0 Å². The summed E-state index contributed by atoms with van der Waals surface area (Å²) in [4.78, 5) is 4.18. The van der Waals surface area contributed by atoms with Crippen LogP contribution in [0.5, 0.6) is 0 Å². The zero-order chi connectivity index (χ0) is 11.9. The van der Waals surface area contributed by atoms with Crippen LogP contribution in [0.4, 0.5) is 0 Å². The third kappa shape index (κ3) is 1.75. The molecular formula is C15H15NO. The van der Waals surface area contributed by atoms with Crippen LogP contribution in [-0.4, -0.2) is 10.1 Å². The fraction of sp³-hybridized carbons (Fsp3) is 0.267. The van der Waals surface area contributed by atoms with Gasteiger partial charge in [0.25, 0.3) is 0 Å². The number of rotatable bonds is 1. The van der Waals surface area contributed by atoms with Crippen LogP contribution in [0, 0.1) is 6.92 Å². The van der Waals surface area contributed by atoms with Crippen molar-refractivity contribution in [3.8, 4) is 0 Å². The summed E-state index contributed by atoms with van der Waals surface area (Å²) in [7, 11) is 0. The highest BCUT2D eigenvalue weighted by atomic mass is 16.3. The van der Waals surface area contributed by atoms with Crippen molar-refractivity contribution >= 4 is 0 Å². The molecule has 0 radical (unpaired) electrons. The lowest BCUT2D eigenvalue weighted by atomic mass is 9.91. The summed E-state index contributed by atoms with van der Waals surface area (Å²) in [6.45, 7) is 2.00. The lowest BCUT2D eigenvalue weighted by Crippen LogP contribution is -2.26. The molecule has 2 nitrogen and oxygen atoms in total. The lowest BCUT2D eigenvalue weighted by Gasteiger charge is -2.22. The summed E-state index contributed by atoms with van der Waals surface area (Å²) in [5.41, 5.74) is 3.73. The average Bonchev–Trinajstić information content (AvgIpc) is 2.66. The van der Waals surface area contributed by atoms with E-state index in [1.165, 1.54) is 11.1 Å². The summed E-state index contributed by atoms with van der Waals surface area (Å²) in [5, 5.41) is 10.8. The molecule has 0 bridgehead atoms. The van der Waals surface area contributed by atoms with Gasteiger partial charge in [-0.3, -0.25) is 4.98 Å². The molecule has 86 valence electrons. The van der Waals surface area contributed by atoms with Crippen LogP contribution in [0.3, 0.4) is 0 Å². The molecule has 0 amide bonds. The maximum atomic E-state index is 10.8. The predicted molar refractivity (Wildman–Crippen MR) is 66.7 cm³/mol. The Hall–Kier alpha value is -1.67. The summed E-state index contributed by atoms with van der Waals surface area (Å²) in [5.74, 6) is 0. The molecule has 0 unspecified atom stereocenters. The number of aromatic nitrogens is 1. The van der Waals surface area contributed by atoms with Crippen molar-refractivity contribution in [2.24, 2.45) is 0 Å². The number of hydrogen-bond donors (Lipinski definition) is 1. The Labute approximate surface area is 101 Å². The number of nitrogens with zero attached hydrogens (tertiary/aromatic N) is 1. The Kier molecular flexibility index (Phi) is 2.26. The van der Waals surface area contributed by atoms with Gasteiger partial charge < -0.3 is 5.11 Å². The smallest absolute Gasteiger partial charge is 0.0991 e. The third-order valence-corrected chi connectivity index (χ3v) is 3.50. The van der Waals surface area contributed by atoms with Gasteiger partial charge in [-0.15, -0.1) is 0 Å². The van der Waals surface area contributed by atoms with E-state index in [0.29, 0.717) is 12.8 Å². The van der Waals surface area contributed by atoms with Gasteiger partial charge in [-0.2, -0.15) is 0 Å². The number of hydrogen-bond acceptors (Lipinski definition) is 2. The number of aliphatic hydroxyl groups is 1. The van der Waals surface area contributed by atoms with Crippen molar-refractivity contribution in [2.45, 2.75) is 25.4 Å². The topological polar surface area (TPSA) is 33.1 Å². The normalized spacial score (nSPS) is 16.8. The Balaban J connectivity index is 2.01. The highest BCUT2D eigenvalue weighted by Gasteiger charge is 2.36. The molecule has 17 heavy (non-hydrogen) atoms. The number of pyridine rings is 1. The summed E-state index contributed by atoms with van der Waals surface area (Å²) in [6.07, 6.45) is 4.97. The van der Waals surface area contributed by atoms with Gasteiger partial charge in [0.05, 0.1) is 5.60 Å². The molecular weight excluding hydrogens is 210 g/mol. The minimum Gasteiger partial charge on any atom is -0.384 e. The van der Waals surface area contributed by atoms with Gasteiger partial charge in [0.2, 0.25) is 0 Å². The second-order valence-electron chi connectivity index (χ2n) is 4.90. The molecule has 1 aliphatic carbocycles. The molecule has 0 spiro atoms. The molecule has 0 aliphatic heterocycles. The molecule has 2 heteroatoms. The molecule has 1 aliphatic rings. The number of fused-ring (bicyclic) bond motifs is 1.